The van der Waals surface area contributed by atoms with Gasteiger partial charge in [0, 0.05) is 5.56 Å². The molecule has 8 rings (SSSR count). The average molecular weight is 713 g/mol. The number of aromatic carboxylic acids is 1. The van der Waals surface area contributed by atoms with Crippen molar-refractivity contribution >= 4 is 39.2 Å². The molecule has 2 aliphatic carbocycles. The molecule has 0 saturated heterocycles. The molecule has 1 atom stereocenters. The van der Waals surface area contributed by atoms with Crippen molar-refractivity contribution in [2.45, 2.75) is 64.9 Å². The molecule has 270 valence electrons. The van der Waals surface area contributed by atoms with Gasteiger partial charge in [-0.05, 0) is 133 Å². The highest BCUT2D eigenvalue weighted by Crippen LogP contribution is 2.52. The molecule has 0 aromatic heterocycles. The van der Waals surface area contributed by atoms with Crippen LogP contribution in [0.4, 0.5) is 4.39 Å². The molecule has 0 bridgehead atoms. The number of aliphatic hydroxyl groups excluding tert-OH is 1. The van der Waals surface area contributed by atoms with Gasteiger partial charge in [-0.25, -0.2) is 9.18 Å². The molecule has 2 aliphatic rings. The van der Waals surface area contributed by atoms with E-state index in [1.807, 2.05) is 30.3 Å². The molecule has 54 heavy (non-hydrogen) atoms. The maximum absolute atomic E-state index is 13.9. The summed E-state index contributed by atoms with van der Waals surface area (Å²) in [6, 6.07) is 35.1. The maximum Gasteiger partial charge on any atom is 0.335 e. The third-order valence-electron chi connectivity index (χ3n) is 11.4. The number of carboxylic acid groups (broad SMARTS) is 1. The Labute approximate surface area is 316 Å². The van der Waals surface area contributed by atoms with Crippen LogP contribution >= 0.6 is 0 Å². The van der Waals surface area contributed by atoms with Gasteiger partial charge in [-0.3, -0.25) is 0 Å². The van der Waals surface area contributed by atoms with Crippen molar-refractivity contribution in [1.29, 1.82) is 0 Å². The van der Waals surface area contributed by atoms with Gasteiger partial charge in [-0.15, -0.1) is 0 Å². The molecule has 0 amide bonds. The van der Waals surface area contributed by atoms with Gasteiger partial charge < -0.3 is 10.2 Å². The third kappa shape index (κ3) is 6.71. The highest BCUT2D eigenvalue weighted by Gasteiger charge is 2.37. The SMILES string of the molecule is CC1(C)C=CC2=C(C1)CC(C)(C)c1c2ccc2cc(-c3ccc4ccccc4c3C(O)C=Cc3ccc(C(=O)O)cc3)cc(CCc3ccc(F)cc3)c12. The van der Waals surface area contributed by atoms with Crippen molar-refractivity contribution in [1.82, 2.24) is 0 Å². The minimum Gasteiger partial charge on any atom is -0.478 e. The Balaban J connectivity index is 1.30. The summed E-state index contributed by atoms with van der Waals surface area (Å²) in [5, 5.41) is 25.8. The van der Waals surface area contributed by atoms with Gasteiger partial charge in [0.25, 0.3) is 0 Å². The van der Waals surface area contributed by atoms with Crippen LogP contribution in [0.15, 0.2) is 133 Å². The van der Waals surface area contributed by atoms with Crippen LogP contribution in [0.1, 0.15) is 90.4 Å². The third-order valence-corrected chi connectivity index (χ3v) is 11.4. The van der Waals surface area contributed by atoms with E-state index >= 15 is 0 Å². The van der Waals surface area contributed by atoms with E-state index in [-0.39, 0.29) is 22.2 Å². The van der Waals surface area contributed by atoms with Crippen LogP contribution in [0.5, 0.6) is 0 Å². The van der Waals surface area contributed by atoms with Crippen LogP contribution in [0.25, 0.3) is 44.3 Å². The van der Waals surface area contributed by atoms with E-state index in [4.69, 9.17) is 0 Å². The molecule has 0 heterocycles. The largest absolute Gasteiger partial charge is 0.478 e. The molecule has 0 aliphatic heterocycles. The van der Waals surface area contributed by atoms with Crippen molar-refractivity contribution in [3.8, 4) is 11.1 Å². The second-order valence-electron chi connectivity index (χ2n) is 16.4. The Morgan fingerprint density at radius 2 is 1.54 bits per heavy atom. The average Bonchev–Trinajstić information content (AvgIpc) is 3.15. The molecule has 2 N–H and O–H groups in total. The summed E-state index contributed by atoms with van der Waals surface area (Å²) in [5.74, 6) is -1.21. The standard InChI is InChI=1S/C50H45FO3/c1-49(2)26-25-40-38(29-49)30-50(3,4)47-43(40)23-19-36-28-37(27-35(45(36)47)17-11-32-12-20-39(51)21-13-32)42-22-18-33-7-5-6-8-41(33)46(42)44(52)24-14-31-9-15-34(16-10-31)48(53)54/h5-10,12-16,18-28,44,52H,11,17,29-30H2,1-4H3,(H,53,54). The molecule has 0 radical (unpaired) electrons. The maximum atomic E-state index is 13.9. The zero-order valence-electron chi connectivity index (χ0n) is 31.3. The Kier molecular flexibility index (Phi) is 8.98. The lowest BCUT2D eigenvalue weighted by Crippen LogP contribution is -2.28. The van der Waals surface area contributed by atoms with Gasteiger partial charge in [-0.1, -0.05) is 136 Å². The summed E-state index contributed by atoms with van der Waals surface area (Å²) in [7, 11) is 0. The molecule has 0 saturated carbocycles. The Morgan fingerprint density at radius 3 is 2.30 bits per heavy atom. The molecule has 1 unspecified atom stereocenters. The molecule has 0 fully saturated rings. The first-order valence-electron chi connectivity index (χ1n) is 18.8. The summed E-state index contributed by atoms with van der Waals surface area (Å²) in [6.45, 7) is 9.41. The normalized spacial score (nSPS) is 16.5. The second kappa shape index (κ2) is 13.7. The van der Waals surface area contributed by atoms with Crippen molar-refractivity contribution < 1.29 is 19.4 Å². The highest BCUT2D eigenvalue weighted by molar-refractivity contribution is 6.01. The zero-order chi connectivity index (χ0) is 37.8. The number of benzene rings is 6. The number of aliphatic hydroxyl groups is 1. The van der Waals surface area contributed by atoms with E-state index in [0.717, 1.165) is 64.3 Å². The van der Waals surface area contributed by atoms with Crippen molar-refractivity contribution in [3.05, 3.63) is 178 Å². The Morgan fingerprint density at radius 1 is 0.815 bits per heavy atom. The van der Waals surface area contributed by atoms with Gasteiger partial charge in [0.05, 0.1) is 11.7 Å². The smallest absolute Gasteiger partial charge is 0.335 e. The number of rotatable bonds is 8. The predicted molar refractivity (Wildman–Crippen MR) is 220 cm³/mol. The van der Waals surface area contributed by atoms with E-state index in [9.17, 15) is 19.4 Å². The van der Waals surface area contributed by atoms with E-state index in [1.54, 1.807) is 30.3 Å². The van der Waals surface area contributed by atoms with Gasteiger partial charge in [0.2, 0.25) is 0 Å². The lowest BCUT2D eigenvalue weighted by Gasteiger charge is -2.40. The van der Waals surface area contributed by atoms with Crippen molar-refractivity contribution in [2.24, 2.45) is 5.41 Å². The molecular weight excluding hydrogens is 668 g/mol. The fourth-order valence-electron chi connectivity index (χ4n) is 8.86. The number of carboxylic acids is 1. The van der Waals surface area contributed by atoms with E-state index in [0.29, 0.717) is 0 Å². The van der Waals surface area contributed by atoms with Crippen LogP contribution in [-0.2, 0) is 18.3 Å². The van der Waals surface area contributed by atoms with Crippen LogP contribution in [-0.4, -0.2) is 16.2 Å². The molecule has 4 heteroatoms. The Hall–Kier alpha value is -5.58. The quantitative estimate of drug-likeness (QED) is 0.165. The van der Waals surface area contributed by atoms with Gasteiger partial charge in [0.15, 0.2) is 0 Å². The van der Waals surface area contributed by atoms with E-state index < -0.39 is 12.1 Å². The first-order valence-corrected chi connectivity index (χ1v) is 18.8. The fraction of sp³-hybridized carbons (Fsp3) is 0.220. The monoisotopic (exact) mass is 712 g/mol. The summed E-state index contributed by atoms with van der Waals surface area (Å²) >= 11 is 0. The van der Waals surface area contributed by atoms with Crippen LogP contribution in [0.2, 0.25) is 0 Å². The lowest BCUT2D eigenvalue weighted by atomic mass is 9.63. The number of aryl methyl sites for hydroxylation is 2. The van der Waals surface area contributed by atoms with E-state index in [2.05, 4.69) is 88.4 Å². The molecular formula is C50H45FO3. The number of hydrogen-bond donors (Lipinski definition) is 2. The molecule has 6 aromatic carbocycles. The van der Waals surface area contributed by atoms with Crippen LogP contribution in [0.3, 0.4) is 0 Å². The lowest BCUT2D eigenvalue weighted by molar-refractivity contribution is 0.0697. The summed E-state index contributed by atoms with van der Waals surface area (Å²) in [5.41, 5.74) is 11.8. The predicted octanol–water partition coefficient (Wildman–Crippen LogP) is 12.5. The van der Waals surface area contributed by atoms with Crippen LogP contribution < -0.4 is 0 Å². The number of hydrogen-bond acceptors (Lipinski definition) is 2. The number of fused-ring (bicyclic) bond motifs is 5. The first kappa shape index (κ1) is 35.4. The zero-order valence-corrected chi connectivity index (χ0v) is 31.3. The van der Waals surface area contributed by atoms with E-state index in [1.165, 1.54) is 50.7 Å². The molecule has 0 spiro atoms. The van der Waals surface area contributed by atoms with Crippen molar-refractivity contribution in [3.63, 3.8) is 0 Å². The summed E-state index contributed by atoms with van der Waals surface area (Å²) in [4.78, 5) is 11.4. The minimum absolute atomic E-state index is 0.0845. The first-order chi connectivity index (χ1) is 25.9. The second-order valence-corrected chi connectivity index (χ2v) is 16.4. The van der Waals surface area contributed by atoms with Crippen molar-refractivity contribution in [2.75, 3.05) is 0 Å². The molecule has 6 aromatic rings. The minimum atomic E-state index is -0.973. The highest BCUT2D eigenvalue weighted by atomic mass is 19.1. The summed E-state index contributed by atoms with van der Waals surface area (Å²) < 4.78 is 13.9. The van der Waals surface area contributed by atoms with Gasteiger partial charge >= 0.3 is 5.97 Å². The number of carbonyl (C=O) groups is 1. The van der Waals surface area contributed by atoms with Crippen LogP contribution in [0, 0.1) is 11.2 Å². The topological polar surface area (TPSA) is 57.5 Å². The molecule has 3 nitrogen and oxygen atoms in total. The van der Waals surface area contributed by atoms with Gasteiger partial charge in [-0.2, -0.15) is 0 Å². The summed E-state index contributed by atoms with van der Waals surface area (Å²) in [6.07, 6.45) is 11.0. The number of halogens is 1. The Bertz CT molecular complexity index is 2530. The van der Waals surface area contributed by atoms with Gasteiger partial charge in [0.1, 0.15) is 5.82 Å². The fourth-order valence-corrected chi connectivity index (χ4v) is 8.86. The number of allylic oxidation sites excluding steroid dienone is 4.